The van der Waals surface area contributed by atoms with Crippen molar-refractivity contribution in [3.05, 3.63) is 47.7 Å². The van der Waals surface area contributed by atoms with Gasteiger partial charge >= 0.3 is 0 Å². The lowest BCUT2D eigenvalue weighted by Crippen LogP contribution is -2.25. The topological polar surface area (TPSA) is 85.2 Å². The van der Waals surface area contributed by atoms with Crippen molar-refractivity contribution in [3.8, 4) is 6.07 Å². The predicted octanol–water partition coefficient (Wildman–Crippen LogP) is 0.292. The second kappa shape index (κ2) is 7.87. The van der Waals surface area contributed by atoms with E-state index >= 15 is 0 Å². The van der Waals surface area contributed by atoms with E-state index in [9.17, 15) is 4.79 Å². The minimum atomic E-state index is -0.438. The highest BCUT2D eigenvalue weighted by Gasteiger charge is 2.07. The van der Waals surface area contributed by atoms with Crippen molar-refractivity contribution in [3.63, 3.8) is 0 Å². The first-order valence-corrected chi connectivity index (χ1v) is 5.54. The van der Waals surface area contributed by atoms with Gasteiger partial charge in [0.1, 0.15) is 11.6 Å². The number of aliphatic hydroxyl groups excluding tert-OH is 1. The fraction of sp³-hybridized carbons (Fsp3) is 0.231. The van der Waals surface area contributed by atoms with E-state index in [0.717, 1.165) is 5.56 Å². The van der Waals surface area contributed by atoms with E-state index < -0.39 is 5.91 Å². The van der Waals surface area contributed by atoms with Gasteiger partial charge in [0.05, 0.1) is 6.61 Å². The predicted molar refractivity (Wildman–Crippen MR) is 67.1 cm³/mol. The first-order chi connectivity index (χ1) is 8.77. The molecule has 0 atom stereocenters. The molecule has 0 saturated carbocycles. The molecule has 0 aromatic heterocycles. The fourth-order valence-corrected chi connectivity index (χ4v) is 1.26. The van der Waals surface area contributed by atoms with Crippen LogP contribution < -0.4 is 10.6 Å². The van der Waals surface area contributed by atoms with Crippen LogP contribution in [0.25, 0.3) is 0 Å². The molecule has 1 rings (SSSR count). The van der Waals surface area contributed by atoms with Gasteiger partial charge in [-0.15, -0.1) is 0 Å². The zero-order valence-electron chi connectivity index (χ0n) is 9.89. The maximum absolute atomic E-state index is 11.6. The Bertz CT molecular complexity index is 449. The van der Waals surface area contributed by atoms with Crippen molar-refractivity contribution in [2.45, 2.75) is 6.54 Å². The number of hydrogen-bond acceptors (Lipinski definition) is 4. The first-order valence-electron chi connectivity index (χ1n) is 5.54. The summed E-state index contributed by atoms with van der Waals surface area (Å²) in [7, 11) is 0. The van der Waals surface area contributed by atoms with Crippen molar-refractivity contribution in [2.24, 2.45) is 0 Å². The van der Waals surface area contributed by atoms with Crippen LogP contribution in [-0.2, 0) is 11.3 Å². The van der Waals surface area contributed by atoms with Gasteiger partial charge in [-0.1, -0.05) is 30.3 Å². The Hall–Kier alpha value is -2.32. The van der Waals surface area contributed by atoms with Crippen LogP contribution in [0, 0.1) is 11.3 Å². The number of rotatable bonds is 6. The highest BCUT2D eigenvalue weighted by molar-refractivity contribution is 5.97. The third-order valence-corrected chi connectivity index (χ3v) is 2.16. The number of aliphatic hydroxyl groups is 1. The number of nitrogens with one attached hydrogen (secondary N) is 2. The van der Waals surface area contributed by atoms with Crippen LogP contribution in [0.1, 0.15) is 5.56 Å². The molecule has 0 aliphatic heterocycles. The Kier molecular flexibility index (Phi) is 6.01. The number of nitrogens with zero attached hydrogens (tertiary/aromatic N) is 1. The first kappa shape index (κ1) is 13.7. The molecule has 3 N–H and O–H groups in total. The van der Waals surface area contributed by atoms with E-state index in [-0.39, 0.29) is 12.2 Å². The number of carbonyl (C=O) groups excluding carboxylic acids is 1. The molecule has 0 saturated heterocycles. The molecular formula is C13H15N3O2. The lowest BCUT2D eigenvalue weighted by molar-refractivity contribution is -0.117. The molecule has 0 heterocycles. The molecule has 5 nitrogen and oxygen atoms in total. The maximum atomic E-state index is 11.6. The number of amides is 1. The molecule has 0 radical (unpaired) electrons. The minimum absolute atomic E-state index is 0.0145. The normalized spacial score (nSPS) is 10.6. The Morgan fingerprint density at radius 3 is 2.72 bits per heavy atom. The van der Waals surface area contributed by atoms with Crippen molar-refractivity contribution < 1.29 is 9.90 Å². The van der Waals surface area contributed by atoms with Crippen LogP contribution in [0.3, 0.4) is 0 Å². The molecule has 0 aliphatic carbocycles. The molecule has 18 heavy (non-hydrogen) atoms. The van der Waals surface area contributed by atoms with E-state index in [4.69, 9.17) is 10.4 Å². The van der Waals surface area contributed by atoms with Crippen LogP contribution >= 0.6 is 0 Å². The van der Waals surface area contributed by atoms with Crippen LogP contribution in [0.4, 0.5) is 0 Å². The summed E-state index contributed by atoms with van der Waals surface area (Å²) in [5, 5.41) is 22.7. The molecule has 0 fully saturated rings. The summed E-state index contributed by atoms with van der Waals surface area (Å²) >= 11 is 0. The van der Waals surface area contributed by atoms with Gasteiger partial charge in [0.2, 0.25) is 0 Å². The zero-order chi connectivity index (χ0) is 13.2. The summed E-state index contributed by atoms with van der Waals surface area (Å²) < 4.78 is 0. The van der Waals surface area contributed by atoms with Crippen molar-refractivity contribution in [2.75, 3.05) is 13.2 Å². The molecule has 0 spiro atoms. The van der Waals surface area contributed by atoms with Crippen molar-refractivity contribution in [1.82, 2.24) is 10.6 Å². The van der Waals surface area contributed by atoms with Crippen LogP contribution in [0.2, 0.25) is 0 Å². The quantitative estimate of drug-likeness (QED) is 0.382. The second-order valence-electron chi connectivity index (χ2n) is 3.52. The highest BCUT2D eigenvalue weighted by atomic mass is 16.3. The molecule has 5 heteroatoms. The minimum Gasteiger partial charge on any atom is -0.395 e. The summed E-state index contributed by atoms with van der Waals surface area (Å²) in [5.41, 5.74) is 0.950. The molecule has 0 aliphatic rings. The van der Waals surface area contributed by atoms with Gasteiger partial charge in [-0.05, 0) is 5.56 Å². The highest BCUT2D eigenvalue weighted by Crippen LogP contribution is 1.98. The van der Waals surface area contributed by atoms with Gasteiger partial charge in [-0.25, -0.2) is 0 Å². The molecule has 1 aromatic carbocycles. The van der Waals surface area contributed by atoms with Crippen LogP contribution in [-0.4, -0.2) is 24.2 Å². The summed E-state index contributed by atoms with van der Waals surface area (Å²) in [6, 6.07) is 11.2. The smallest absolute Gasteiger partial charge is 0.263 e. The van der Waals surface area contributed by atoms with Gasteiger partial charge in [-0.2, -0.15) is 5.26 Å². The molecule has 94 valence electrons. The summed E-state index contributed by atoms with van der Waals surface area (Å²) in [5.74, 6) is -0.438. The van der Waals surface area contributed by atoms with E-state index in [1.165, 1.54) is 6.20 Å². The Balaban J connectivity index is 2.48. The number of carbonyl (C=O) groups is 1. The van der Waals surface area contributed by atoms with Crippen molar-refractivity contribution >= 4 is 5.91 Å². The average molecular weight is 245 g/mol. The van der Waals surface area contributed by atoms with Crippen LogP contribution in [0.5, 0.6) is 0 Å². The Morgan fingerprint density at radius 1 is 1.39 bits per heavy atom. The van der Waals surface area contributed by atoms with Gasteiger partial charge in [0, 0.05) is 19.3 Å². The molecule has 1 amide bonds. The Labute approximate surface area is 106 Å². The van der Waals surface area contributed by atoms with Gasteiger partial charge in [-0.3, -0.25) is 4.79 Å². The number of nitriles is 1. The van der Waals surface area contributed by atoms with Gasteiger partial charge in [0.25, 0.3) is 5.91 Å². The molecule has 1 aromatic rings. The number of hydrogen-bond donors (Lipinski definition) is 3. The monoisotopic (exact) mass is 245 g/mol. The van der Waals surface area contributed by atoms with E-state index in [1.54, 1.807) is 6.07 Å². The largest absolute Gasteiger partial charge is 0.395 e. The second-order valence-corrected chi connectivity index (χ2v) is 3.52. The van der Waals surface area contributed by atoms with E-state index in [0.29, 0.717) is 13.1 Å². The maximum Gasteiger partial charge on any atom is 0.263 e. The molecule has 0 bridgehead atoms. The van der Waals surface area contributed by atoms with Gasteiger partial charge < -0.3 is 15.7 Å². The van der Waals surface area contributed by atoms with E-state index in [1.807, 2.05) is 30.3 Å². The zero-order valence-corrected chi connectivity index (χ0v) is 9.89. The standard InChI is InChI=1S/C13H15N3O2/c14-8-12(10-15-6-7-17)13(18)16-9-11-4-2-1-3-5-11/h1-5,10,15,17H,6-7,9H2,(H,16,18)/b12-10-. The fourth-order valence-electron chi connectivity index (χ4n) is 1.26. The Morgan fingerprint density at radius 2 is 2.11 bits per heavy atom. The lowest BCUT2D eigenvalue weighted by atomic mass is 10.2. The number of benzene rings is 1. The van der Waals surface area contributed by atoms with Crippen LogP contribution in [0.15, 0.2) is 42.1 Å². The molecular weight excluding hydrogens is 230 g/mol. The van der Waals surface area contributed by atoms with Crippen molar-refractivity contribution in [1.29, 1.82) is 5.26 Å². The third kappa shape index (κ3) is 4.68. The third-order valence-electron chi connectivity index (χ3n) is 2.16. The summed E-state index contributed by atoms with van der Waals surface area (Å²) in [6.07, 6.45) is 1.30. The molecule has 0 unspecified atom stereocenters. The average Bonchev–Trinajstić information content (AvgIpc) is 2.42. The van der Waals surface area contributed by atoms with Gasteiger partial charge in [0.15, 0.2) is 0 Å². The summed E-state index contributed by atoms with van der Waals surface area (Å²) in [4.78, 5) is 11.6. The lowest BCUT2D eigenvalue weighted by Gasteiger charge is -2.04. The summed E-state index contributed by atoms with van der Waals surface area (Å²) in [6.45, 7) is 0.622. The van der Waals surface area contributed by atoms with E-state index in [2.05, 4.69) is 10.6 Å². The SMILES string of the molecule is N#C/C(=C/NCCO)C(=O)NCc1ccccc1.